The van der Waals surface area contributed by atoms with Crippen molar-refractivity contribution in [3.63, 3.8) is 0 Å². The van der Waals surface area contributed by atoms with Gasteiger partial charge < -0.3 is 10.2 Å². The Kier molecular flexibility index (Phi) is 2.27. The Morgan fingerprint density at radius 3 is 2.60 bits per heavy atom. The molecule has 2 aromatic heterocycles. The van der Waals surface area contributed by atoms with Gasteiger partial charge in [0.2, 0.25) is 0 Å². The fraction of sp³-hybridized carbons (Fsp3) is 0. The van der Waals surface area contributed by atoms with Crippen LogP contribution in [0.1, 0.15) is 0 Å². The van der Waals surface area contributed by atoms with Gasteiger partial charge in [0.15, 0.2) is 0 Å². The van der Waals surface area contributed by atoms with E-state index in [9.17, 15) is 0 Å². The molecule has 0 unspecified atom stereocenters. The molecule has 0 spiro atoms. The Labute approximate surface area is 115 Å². The number of rotatable bonds is 1. The van der Waals surface area contributed by atoms with E-state index >= 15 is 0 Å². The van der Waals surface area contributed by atoms with Gasteiger partial charge in [-0.15, -0.1) is 0 Å². The minimum atomic E-state index is 0.653. The maximum Gasteiger partial charge on any atom is 0.144 e. The Morgan fingerprint density at radius 1 is 0.850 bits per heavy atom. The van der Waals surface area contributed by atoms with E-state index in [-0.39, 0.29) is 0 Å². The van der Waals surface area contributed by atoms with Crippen molar-refractivity contribution in [2.75, 3.05) is 5.73 Å². The second-order valence-electron chi connectivity index (χ2n) is 4.72. The molecule has 0 fully saturated rings. The van der Waals surface area contributed by atoms with E-state index in [2.05, 4.69) is 17.1 Å². The average molecular weight is 260 g/mol. The smallest absolute Gasteiger partial charge is 0.144 e. The van der Waals surface area contributed by atoms with Crippen molar-refractivity contribution in [2.45, 2.75) is 0 Å². The minimum absolute atomic E-state index is 0.653. The van der Waals surface area contributed by atoms with Crippen LogP contribution in [0.2, 0.25) is 0 Å². The summed E-state index contributed by atoms with van der Waals surface area (Å²) in [6.07, 6.45) is 1.74. The lowest BCUT2D eigenvalue weighted by atomic mass is 10.1. The highest BCUT2D eigenvalue weighted by Crippen LogP contribution is 2.36. The van der Waals surface area contributed by atoms with Crippen LogP contribution in [0.3, 0.4) is 0 Å². The molecule has 96 valence electrons. The normalized spacial score (nSPS) is 11.2. The lowest BCUT2D eigenvalue weighted by Gasteiger charge is -2.04. The summed E-state index contributed by atoms with van der Waals surface area (Å²) in [5, 5.41) is 2.20. The number of benzene rings is 2. The molecule has 2 aromatic carbocycles. The van der Waals surface area contributed by atoms with Crippen LogP contribution in [-0.2, 0) is 0 Å². The summed E-state index contributed by atoms with van der Waals surface area (Å²) in [6.45, 7) is 0. The number of nitrogens with two attached hydrogens (primary N) is 1. The van der Waals surface area contributed by atoms with Crippen LogP contribution in [-0.4, -0.2) is 4.98 Å². The molecule has 0 amide bonds. The van der Waals surface area contributed by atoms with Crippen molar-refractivity contribution in [1.82, 2.24) is 4.98 Å². The number of hydrogen-bond acceptors (Lipinski definition) is 3. The number of para-hydroxylation sites is 2. The van der Waals surface area contributed by atoms with Gasteiger partial charge in [0.25, 0.3) is 0 Å². The molecular formula is C17H12N2O. The van der Waals surface area contributed by atoms with Crippen LogP contribution < -0.4 is 5.73 Å². The molecular weight excluding hydrogens is 248 g/mol. The number of aromatic nitrogens is 1. The second kappa shape index (κ2) is 4.10. The van der Waals surface area contributed by atoms with E-state index in [4.69, 9.17) is 10.2 Å². The van der Waals surface area contributed by atoms with Crippen molar-refractivity contribution < 1.29 is 4.42 Å². The van der Waals surface area contributed by atoms with Crippen LogP contribution in [0.5, 0.6) is 0 Å². The van der Waals surface area contributed by atoms with E-state index < -0.39 is 0 Å². The van der Waals surface area contributed by atoms with Gasteiger partial charge in [0.1, 0.15) is 11.2 Å². The number of anilines is 1. The third kappa shape index (κ3) is 1.50. The summed E-state index contributed by atoms with van der Waals surface area (Å²) in [7, 11) is 0. The molecule has 3 heteroatoms. The summed E-state index contributed by atoms with van der Waals surface area (Å²) in [4.78, 5) is 4.38. The number of fused-ring (bicyclic) bond motifs is 3. The molecule has 2 N–H and O–H groups in total. The van der Waals surface area contributed by atoms with Crippen LogP contribution in [0.15, 0.2) is 65.2 Å². The highest BCUT2D eigenvalue weighted by molar-refractivity contribution is 6.09. The molecule has 0 bridgehead atoms. The van der Waals surface area contributed by atoms with E-state index in [0.717, 1.165) is 33.2 Å². The molecule has 0 aliphatic heterocycles. The van der Waals surface area contributed by atoms with Gasteiger partial charge in [0, 0.05) is 22.5 Å². The molecule has 4 aromatic rings. The monoisotopic (exact) mass is 260 g/mol. The minimum Gasteiger partial charge on any atom is -0.455 e. The molecule has 0 radical (unpaired) electrons. The fourth-order valence-corrected chi connectivity index (χ4v) is 2.58. The van der Waals surface area contributed by atoms with Crippen molar-refractivity contribution >= 4 is 27.6 Å². The van der Waals surface area contributed by atoms with Gasteiger partial charge in [-0.05, 0) is 24.3 Å². The first kappa shape index (κ1) is 11.1. The van der Waals surface area contributed by atoms with Gasteiger partial charge in [0.05, 0.1) is 11.4 Å². The molecule has 4 rings (SSSR count). The zero-order valence-electron chi connectivity index (χ0n) is 10.7. The third-order valence-electron chi connectivity index (χ3n) is 3.50. The Bertz CT molecular complexity index is 924. The van der Waals surface area contributed by atoms with Crippen LogP contribution in [0.25, 0.3) is 33.2 Å². The predicted molar refractivity (Wildman–Crippen MR) is 81.4 cm³/mol. The molecule has 0 aliphatic carbocycles. The topological polar surface area (TPSA) is 52.0 Å². The first-order valence-electron chi connectivity index (χ1n) is 6.46. The lowest BCUT2D eigenvalue weighted by Crippen LogP contribution is -1.92. The highest BCUT2D eigenvalue weighted by atomic mass is 16.3. The van der Waals surface area contributed by atoms with Crippen LogP contribution in [0, 0.1) is 0 Å². The van der Waals surface area contributed by atoms with Crippen LogP contribution >= 0.6 is 0 Å². The predicted octanol–water partition coefficient (Wildman–Crippen LogP) is 4.23. The van der Waals surface area contributed by atoms with Gasteiger partial charge in [-0.1, -0.05) is 30.3 Å². The largest absolute Gasteiger partial charge is 0.455 e. The first-order chi connectivity index (χ1) is 9.84. The molecule has 0 saturated carbocycles. The number of nitrogens with zero attached hydrogens (tertiary/aromatic N) is 1. The first-order valence-corrected chi connectivity index (χ1v) is 6.46. The Balaban J connectivity index is 2.13. The van der Waals surface area contributed by atoms with E-state index in [1.165, 1.54) is 0 Å². The van der Waals surface area contributed by atoms with Gasteiger partial charge in [-0.2, -0.15) is 0 Å². The summed E-state index contributed by atoms with van der Waals surface area (Å²) >= 11 is 0. The maximum atomic E-state index is 6.03. The number of furan rings is 1. The van der Waals surface area contributed by atoms with Gasteiger partial charge in [-0.25, -0.2) is 0 Å². The molecule has 2 heterocycles. The summed E-state index contributed by atoms with van der Waals surface area (Å²) in [5.41, 5.74) is 10.1. The molecule has 20 heavy (non-hydrogen) atoms. The molecule has 3 nitrogen and oxygen atoms in total. The molecule has 0 atom stereocenters. The fourth-order valence-electron chi connectivity index (χ4n) is 2.58. The maximum absolute atomic E-state index is 6.03. The Morgan fingerprint density at radius 2 is 1.70 bits per heavy atom. The van der Waals surface area contributed by atoms with Gasteiger partial charge >= 0.3 is 0 Å². The zero-order valence-corrected chi connectivity index (χ0v) is 10.7. The van der Waals surface area contributed by atoms with Gasteiger partial charge in [-0.3, -0.25) is 4.98 Å². The SMILES string of the molecule is Nc1cccnc1-c1cccc2c1oc1ccccc12. The van der Waals surface area contributed by atoms with Crippen molar-refractivity contribution in [3.05, 3.63) is 60.8 Å². The zero-order chi connectivity index (χ0) is 13.5. The van der Waals surface area contributed by atoms with Crippen molar-refractivity contribution in [1.29, 1.82) is 0 Å². The number of pyridine rings is 1. The van der Waals surface area contributed by atoms with Crippen molar-refractivity contribution in [2.24, 2.45) is 0 Å². The number of hydrogen-bond donors (Lipinski definition) is 1. The van der Waals surface area contributed by atoms with E-state index in [1.54, 1.807) is 6.20 Å². The standard InChI is InChI=1S/C17H12N2O/c18-14-8-4-10-19-16(14)13-7-3-6-12-11-5-1-2-9-15(11)20-17(12)13/h1-10H,18H2. The Hall–Kier alpha value is -2.81. The quantitative estimate of drug-likeness (QED) is 0.557. The average Bonchev–Trinajstić information content (AvgIpc) is 2.86. The second-order valence-corrected chi connectivity index (χ2v) is 4.72. The summed E-state index contributed by atoms with van der Waals surface area (Å²) in [5.74, 6) is 0. The van der Waals surface area contributed by atoms with E-state index in [0.29, 0.717) is 5.69 Å². The highest BCUT2D eigenvalue weighted by Gasteiger charge is 2.13. The number of nitrogen functional groups attached to an aromatic ring is 1. The third-order valence-corrected chi connectivity index (χ3v) is 3.50. The van der Waals surface area contributed by atoms with Crippen LogP contribution in [0.4, 0.5) is 5.69 Å². The molecule has 0 aliphatic rings. The summed E-state index contributed by atoms with van der Waals surface area (Å²) < 4.78 is 6.00. The van der Waals surface area contributed by atoms with Crippen molar-refractivity contribution in [3.8, 4) is 11.3 Å². The summed E-state index contributed by atoms with van der Waals surface area (Å²) in [6, 6.07) is 17.8. The van der Waals surface area contributed by atoms with E-state index in [1.807, 2.05) is 42.5 Å². The molecule has 0 saturated heterocycles. The lowest BCUT2D eigenvalue weighted by molar-refractivity contribution is 0.670.